The summed E-state index contributed by atoms with van der Waals surface area (Å²) in [6.07, 6.45) is 0. The second-order valence-electron chi connectivity index (χ2n) is 4.17. The Bertz CT molecular complexity index is 544. The number of hydrogen-bond donors (Lipinski definition) is 1. The number of methoxy groups -OCH3 is 1. The third-order valence-corrected chi connectivity index (χ3v) is 2.78. The zero-order valence-electron chi connectivity index (χ0n) is 12.7. The first-order chi connectivity index (χ1) is 9.70. The number of benzene rings is 2. The van der Waals surface area contributed by atoms with Gasteiger partial charge in [0.15, 0.2) is 0 Å². The van der Waals surface area contributed by atoms with Gasteiger partial charge < -0.3 is 10.1 Å². The highest BCUT2D eigenvalue weighted by Crippen LogP contribution is 2.25. The van der Waals surface area contributed by atoms with Gasteiger partial charge in [0.2, 0.25) is 0 Å². The molecular weight excluding hydrogens is 246 g/mol. The molecule has 20 heavy (non-hydrogen) atoms. The van der Waals surface area contributed by atoms with Gasteiger partial charge in [-0.2, -0.15) is 0 Å². The largest absolute Gasteiger partial charge is 0.496 e. The number of para-hydroxylation sites is 1. The van der Waals surface area contributed by atoms with Crippen LogP contribution < -0.4 is 10.1 Å². The van der Waals surface area contributed by atoms with Gasteiger partial charge in [-0.05, 0) is 31.2 Å². The summed E-state index contributed by atoms with van der Waals surface area (Å²) in [6, 6.07) is 16.0. The van der Waals surface area contributed by atoms with Crippen LogP contribution in [0.2, 0.25) is 0 Å². The van der Waals surface area contributed by atoms with E-state index in [1.165, 1.54) is 5.56 Å². The van der Waals surface area contributed by atoms with E-state index in [0.29, 0.717) is 0 Å². The van der Waals surface area contributed by atoms with E-state index in [9.17, 15) is 0 Å². The zero-order chi connectivity index (χ0) is 15.0. The minimum atomic E-state index is 0.821. The van der Waals surface area contributed by atoms with Gasteiger partial charge in [-0.1, -0.05) is 50.3 Å². The SMILES string of the molecule is C=C(Nc1ccc(C)cc1)c1ccccc1OC.CC. The first-order valence-electron chi connectivity index (χ1n) is 6.86. The van der Waals surface area contributed by atoms with E-state index >= 15 is 0 Å². The molecule has 0 aliphatic rings. The maximum absolute atomic E-state index is 5.32. The molecular formula is C18H23NO. The standard InChI is InChI=1S/C16H17NO.C2H6/c1-12-8-10-14(11-9-12)17-13(2)15-6-4-5-7-16(15)18-3;1-2/h4-11,17H,2H2,1,3H3;1-2H3. The molecule has 0 heterocycles. The highest BCUT2D eigenvalue weighted by molar-refractivity contribution is 5.78. The number of nitrogens with one attached hydrogen (secondary N) is 1. The van der Waals surface area contributed by atoms with Gasteiger partial charge in [0.1, 0.15) is 5.75 Å². The van der Waals surface area contributed by atoms with Crippen molar-refractivity contribution in [2.45, 2.75) is 20.8 Å². The first kappa shape index (κ1) is 15.8. The molecule has 0 amide bonds. The number of rotatable bonds is 4. The van der Waals surface area contributed by atoms with Crippen LogP contribution >= 0.6 is 0 Å². The van der Waals surface area contributed by atoms with Crippen molar-refractivity contribution in [1.29, 1.82) is 0 Å². The molecule has 0 spiro atoms. The number of anilines is 1. The van der Waals surface area contributed by atoms with Crippen molar-refractivity contribution in [3.8, 4) is 5.75 Å². The fourth-order valence-electron chi connectivity index (χ4n) is 1.77. The van der Waals surface area contributed by atoms with Crippen molar-refractivity contribution >= 4 is 11.4 Å². The maximum atomic E-state index is 5.32. The number of aryl methyl sites for hydroxylation is 1. The first-order valence-corrected chi connectivity index (χ1v) is 6.86. The lowest BCUT2D eigenvalue weighted by Crippen LogP contribution is -1.99. The Morgan fingerprint density at radius 2 is 1.60 bits per heavy atom. The number of hydrogen-bond acceptors (Lipinski definition) is 2. The Hall–Kier alpha value is -2.22. The molecule has 2 heteroatoms. The van der Waals surface area contributed by atoms with Crippen molar-refractivity contribution in [2.75, 3.05) is 12.4 Å². The van der Waals surface area contributed by atoms with E-state index in [0.717, 1.165) is 22.7 Å². The topological polar surface area (TPSA) is 21.3 Å². The fourth-order valence-corrected chi connectivity index (χ4v) is 1.77. The average Bonchev–Trinajstić information content (AvgIpc) is 2.51. The third kappa shape index (κ3) is 4.16. The monoisotopic (exact) mass is 269 g/mol. The van der Waals surface area contributed by atoms with E-state index in [2.05, 4.69) is 31.0 Å². The molecule has 0 unspecified atom stereocenters. The molecule has 0 saturated heterocycles. The summed E-state index contributed by atoms with van der Waals surface area (Å²) < 4.78 is 5.32. The third-order valence-electron chi connectivity index (χ3n) is 2.78. The van der Waals surface area contributed by atoms with E-state index in [-0.39, 0.29) is 0 Å². The van der Waals surface area contributed by atoms with E-state index < -0.39 is 0 Å². The summed E-state index contributed by atoms with van der Waals surface area (Å²) in [5, 5.41) is 3.29. The molecule has 2 aromatic carbocycles. The van der Waals surface area contributed by atoms with Crippen molar-refractivity contribution in [3.05, 3.63) is 66.2 Å². The molecule has 0 saturated carbocycles. The molecule has 0 radical (unpaired) electrons. The minimum Gasteiger partial charge on any atom is -0.496 e. The summed E-state index contributed by atoms with van der Waals surface area (Å²) in [7, 11) is 1.66. The molecule has 0 aromatic heterocycles. The predicted octanol–water partition coefficient (Wildman–Crippen LogP) is 5.11. The van der Waals surface area contributed by atoms with Crippen molar-refractivity contribution < 1.29 is 4.74 Å². The summed E-state index contributed by atoms with van der Waals surface area (Å²) in [5.41, 5.74) is 4.07. The van der Waals surface area contributed by atoms with Gasteiger partial charge in [-0.25, -0.2) is 0 Å². The smallest absolute Gasteiger partial charge is 0.128 e. The van der Waals surface area contributed by atoms with E-state index in [1.54, 1.807) is 7.11 Å². The van der Waals surface area contributed by atoms with Gasteiger partial charge >= 0.3 is 0 Å². The van der Waals surface area contributed by atoms with Crippen molar-refractivity contribution in [3.63, 3.8) is 0 Å². The molecule has 0 aliphatic carbocycles. The molecule has 2 aromatic rings. The summed E-state index contributed by atoms with van der Waals surface area (Å²) in [5.74, 6) is 0.821. The molecule has 106 valence electrons. The molecule has 0 atom stereocenters. The van der Waals surface area contributed by atoms with Gasteiger partial charge in [0.05, 0.1) is 7.11 Å². The lowest BCUT2D eigenvalue weighted by Gasteiger charge is -2.13. The van der Waals surface area contributed by atoms with Crippen LogP contribution in [0, 0.1) is 6.92 Å². The zero-order valence-corrected chi connectivity index (χ0v) is 12.7. The average molecular weight is 269 g/mol. The predicted molar refractivity (Wildman–Crippen MR) is 88.2 cm³/mol. The maximum Gasteiger partial charge on any atom is 0.128 e. The quantitative estimate of drug-likeness (QED) is 0.832. The highest BCUT2D eigenvalue weighted by atomic mass is 16.5. The van der Waals surface area contributed by atoms with Crippen LogP contribution in [0.4, 0.5) is 5.69 Å². The Kier molecular flexibility index (Phi) is 6.38. The van der Waals surface area contributed by atoms with Crippen molar-refractivity contribution in [2.24, 2.45) is 0 Å². The van der Waals surface area contributed by atoms with Crippen LogP contribution in [0.25, 0.3) is 5.70 Å². The van der Waals surface area contributed by atoms with Crippen LogP contribution in [0.3, 0.4) is 0 Å². The lowest BCUT2D eigenvalue weighted by atomic mass is 10.1. The van der Waals surface area contributed by atoms with Gasteiger partial charge in [-0.3, -0.25) is 0 Å². The summed E-state index contributed by atoms with van der Waals surface area (Å²) in [4.78, 5) is 0. The molecule has 1 N–H and O–H groups in total. The van der Waals surface area contributed by atoms with E-state index in [4.69, 9.17) is 4.74 Å². The van der Waals surface area contributed by atoms with Crippen LogP contribution in [0.5, 0.6) is 5.75 Å². The molecule has 0 aliphatic heterocycles. The summed E-state index contributed by atoms with van der Waals surface area (Å²) >= 11 is 0. The van der Waals surface area contributed by atoms with Crippen LogP contribution in [-0.4, -0.2) is 7.11 Å². The molecule has 0 fully saturated rings. The van der Waals surface area contributed by atoms with Gasteiger partial charge in [-0.15, -0.1) is 0 Å². The highest BCUT2D eigenvalue weighted by Gasteiger charge is 2.05. The molecule has 0 bridgehead atoms. The van der Waals surface area contributed by atoms with Gasteiger partial charge in [0.25, 0.3) is 0 Å². The minimum absolute atomic E-state index is 0.821. The lowest BCUT2D eigenvalue weighted by molar-refractivity contribution is 0.413. The normalized spacial score (nSPS) is 9.20. The van der Waals surface area contributed by atoms with E-state index in [1.807, 2.05) is 50.2 Å². The second-order valence-corrected chi connectivity index (χ2v) is 4.17. The molecule has 2 rings (SSSR count). The van der Waals surface area contributed by atoms with Crippen LogP contribution in [0.1, 0.15) is 25.0 Å². The Morgan fingerprint density at radius 1 is 1.00 bits per heavy atom. The Balaban J connectivity index is 0.000000956. The van der Waals surface area contributed by atoms with Gasteiger partial charge in [0, 0.05) is 16.9 Å². The Morgan fingerprint density at radius 3 is 2.20 bits per heavy atom. The molecule has 2 nitrogen and oxygen atoms in total. The Labute approximate surface area is 122 Å². The van der Waals surface area contributed by atoms with Crippen LogP contribution in [-0.2, 0) is 0 Å². The summed E-state index contributed by atoms with van der Waals surface area (Å²) in [6.45, 7) is 10.1. The second kappa shape index (κ2) is 8.05. The van der Waals surface area contributed by atoms with Crippen LogP contribution in [0.15, 0.2) is 55.1 Å². The fraction of sp³-hybridized carbons (Fsp3) is 0.222. The van der Waals surface area contributed by atoms with Crippen molar-refractivity contribution in [1.82, 2.24) is 0 Å². The number of ether oxygens (including phenoxy) is 1.